The molecule has 1 saturated heterocycles. The van der Waals surface area contributed by atoms with Crippen molar-refractivity contribution in [2.45, 2.75) is 13.0 Å². The summed E-state index contributed by atoms with van der Waals surface area (Å²) in [7, 11) is 2.13. The van der Waals surface area contributed by atoms with Crippen LogP contribution >= 0.6 is 0 Å². The molecule has 1 aromatic heterocycles. The number of anilines is 1. The Balaban J connectivity index is 1.97. The van der Waals surface area contributed by atoms with Crippen molar-refractivity contribution in [3.8, 4) is 0 Å². The summed E-state index contributed by atoms with van der Waals surface area (Å²) in [5, 5.41) is 9.91. The number of nitrogens with zero attached hydrogens (tertiary/aromatic N) is 3. The highest BCUT2D eigenvalue weighted by molar-refractivity contribution is 6.02. The number of likely N-dealkylation sites (N-methyl/N-ethyl adjacent to an activating group) is 1. The quantitative estimate of drug-likeness (QED) is 0.915. The zero-order valence-corrected chi connectivity index (χ0v) is 12.3. The van der Waals surface area contributed by atoms with Gasteiger partial charge < -0.3 is 14.9 Å². The van der Waals surface area contributed by atoms with E-state index in [9.17, 15) is 9.90 Å². The van der Waals surface area contributed by atoms with E-state index in [1.807, 2.05) is 18.2 Å². The van der Waals surface area contributed by atoms with E-state index in [2.05, 4.69) is 28.8 Å². The zero-order valence-electron chi connectivity index (χ0n) is 12.3. The summed E-state index contributed by atoms with van der Waals surface area (Å²) >= 11 is 0. The van der Waals surface area contributed by atoms with Crippen LogP contribution in [0.3, 0.4) is 0 Å². The number of aromatic nitrogens is 1. The number of hydrogen-bond acceptors (Lipinski definition) is 4. The fourth-order valence-electron chi connectivity index (χ4n) is 2.76. The molecule has 2 heterocycles. The molecule has 1 fully saturated rings. The van der Waals surface area contributed by atoms with Crippen LogP contribution in [0.2, 0.25) is 0 Å². The number of hydrogen-bond donors (Lipinski definition) is 1. The summed E-state index contributed by atoms with van der Waals surface area (Å²) in [6, 6.07) is 9.50. The van der Waals surface area contributed by atoms with Gasteiger partial charge in [0.15, 0.2) is 0 Å². The molecule has 21 heavy (non-hydrogen) atoms. The smallest absolute Gasteiger partial charge is 0.336 e. The van der Waals surface area contributed by atoms with Crippen LogP contribution in [0.5, 0.6) is 0 Å². The number of carboxylic acids is 1. The first-order chi connectivity index (χ1) is 10.1. The normalized spacial score (nSPS) is 19.9. The van der Waals surface area contributed by atoms with Gasteiger partial charge in [-0.2, -0.15) is 0 Å². The predicted octanol–water partition coefficient (Wildman–Crippen LogP) is 2.07. The predicted molar refractivity (Wildman–Crippen MR) is 83.0 cm³/mol. The average molecular weight is 285 g/mol. The van der Waals surface area contributed by atoms with Gasteiger partial charge in [0.1, 0.15) is 5.82 Å². The third kappa shape index (κ3) is 2.56. The van der Waals surface area contributed by atoms with E-state index < -0.39 is 5.97 Å². The van der Waals surface area contributed by atoms with Crippen LogP contribution in [0.15, 0.2) is 30.3 Å². The maximum absolute atomic E-state index is 11.2. The largest absolute Gasteiger partial charge is 0.478 e. The molecule has 1 atom stereocenters. The first kappa shape index (κ1) is 13.8. The highest BCUT2D eigenvalue weighted by Gasteiger charge is 2.21. The van der Waals surface area contributed by atoms with Gasteiger partial charge in [0, 0.05) is 31.1 Å². The first-order valence-electron chi connectivity index (χ1n) is 7.14. The van der Waals surface area contributed by atoms with Gasteiger partial charge in [-0.15, -0.1) is 0 Å². The lowest BCUT2D eigenvalue weighted by Crippen LogP contribution is -2.50. The second-order valence-corrected chi connectivity index (χ2v) is 5.62. The van der Waals surface area contributed by atoms with Crippen molar-refractivity contribution < 1.29 is 9.90 Å². The van der Waals surface area contributed by atoms with Gasteiger partial charge in [0.05, 0.1) is 11.1 Å². The van der Waals surface area contributed by atoms with Gasteiger partial charge >= 0.3 is 5.97 Å². The van der Waals surface area contributed by atoms with Gasteiger partial charge in [-0.05, 0) is 38.2 Å². The molecule has 2 aromatic rings. The molecule has 0 radical (unpaired) electrons. The molecule has 1 aliphatic rings. The maximum atomic E-state index is 11.2. The lowest BCUT2D eigenvalue weighted by atomic mass is 10.1. The highest BCUT2D eigenvalue weighted by Crippen LogP contribution is 2.23. The zero-order chi connectivity index (χ0) is 15.0. The maximum Gasteiger partial charge on any atom is 0.336 e. The van der Waals surface area contributed by atoms with Crippen LogP contribution in [-0.2, 0) is 0 Å². The van der Waals surface area contributed by atoms with Gasteiger partial charge in [0.2, 0.25) is 0 Å². The van der Waals surface area contributed by atoms with E-state index >= 15 is 0 Å². The Kier molecular flexibility index (Phi) is 3.51. The van der Waals surface area contributed by atoms with Gasteiger partial charge in [-0.1, -0.05) is 6.07 Å². The summed E-state index contributed by atoms with van der Waals surface area (Å²) in [6.45, 7) is 5.09. The molecule has 5 nitrogen and oxygen atoms in total. The third-order valence-electron chi connectivity index (χ3n) is 4.23. The van der Waals surface area contributed by atoms with Crippen molar-refractivity contribution in [1.29, 1.82) is 0 Å². The van der Waals surface area contributed by atoms with E-state index in [0.717, 1.165) is 31.0 Å². The number of rotatable bonds is 2. The Labute approximate surface area is 123 Å². The second kappa shape index (κ2) is 5.33. The van der Waals surface area contributed by atoms with Crippen molar-refractivity contribution in [2.75, 3.05) is 31.6 Å². The molecule has 0 amide bonds. The molecular weight excluding hydrogens is 266 g/mol. The fourth-order valence-corrected chi connectivity index (χ4v) is 2.76. The topological polar surface area (TPSA) is 56.7 Å². The number of carboxylic acid groups (broad SMARTS) is 1. The molecule has 0 bridgehead atoms. The van der Waals surface area contributed by atoms with E-state index in [-0.39, 0.29) is 0 Å². The standard InChI is InChI=1S/C16H19N3O2/c1-11-10-19(9-8-18(11)2)15-7-6-12-13(16(20)21)4-3-5-14(12)17-15/h3-7,11H,8-10H2,1-2H3,(H,20,21). The Hall–Kier alpha value is -2.14. The van der Waals surface area contributed by atoms with Crippen molar-refractivity contribution >= 4 is 22.7 Å². The summed E-state index contributed by atoms with van der Waals surface area (Å²) < 4.78 is 0. The van der Waals surface area contributed by atoms with Gasteiger partial charge in [0.25, 0.3) is 0 Å². The monoisotopic (exact) mass is 285 g/mol. The Morgan fingerprint density at radius 1 is 1.29 bits per heavy atom. The molecule has 0 saturated carbocycles. The summed E-state index contributed by atoms with van der Waals surface area (Å²) in [4.78, 5) is 20.5. The summed E-state index contributed by atoms with van der Waals surface area (Å²) in [5.41, 5.74) is 1.04. The van der Waals surface area contributed by atoms with E-state index in [1.165, 1.54) is 0 Å². The van der Waals surface area contributed by atoms with Crippen molar-refractivity contribution in [3.05, 3.63) is 35.9 Å². The minimum absolute atomic E-state index is 0.304. The average Bonchev–Trinajstić information content (AvgIpc) is 2.48. The highest BCUT2D eigenvalue weighted by atomic mass is 16.4. The third-order valence-corrected chi connectivity index (χ3v) is 4.23. The van der Waals surface area contributed by atoms with E-state index in [4.69, 9.17) is 0 Å². The molecular formula is C16H19N3O2. The molecule has 1 N–H and O–H groups in total. The lowest BCUT2D eigenvalue weighted by Gasteiger charge is -2.38. The SMILES string of the molecule is CC1CN(c2ccc3c(C(=O)O)cccc3n2)CCN1C. The fraction of sp³-hybridized carbons (Fsp3) is 0.375. The van der Waals surface area contributed by atoms with Crippen LogP contribution in [0, 0.1) is 0 Å². The van der Waals surface area contributed by atoms with Crippen molar-refractivity contribution in [2.24, 2.45) is 0 Å². The van der Waals surface area contributed by atoms with Crippen LogP contribution in [0.4, 0.5) is 5.82 Å². The van der Waals surface area contributed by atoms with Crippen molar-refractivity contribution in [1.82, 2.24) is 9.88 Å². The number of piperazine rings is 1. The van der Waals surface area contributed by atoms with Crippen LogP contribution in [0.25, 0.3) is 10.9 Å². The first-order valence-corrected chi connectivity index (χ1v) is 7.14. The van der Waals surface area contributed by atoms with Gasteiger partial charge in [-0.3, -0.25) is 0 Å². The molecule has 1 unspecified atom stereocenters. The number of aromatic carboxylic acids is 1. The molecule has 110 valence electrons. The van der Waals surface area contributed by atoms with Crippen LogP contribution < -0.4 is 4.90 Å². The summed E-state index contributed by atoms with van der Waals surface area (Å²) in [5.74, 6) is 0.00774. The molecule has 0 aliphatic carbocycles. The minimum Gasteiger partial charge on any atom is -0.478 e. The number of fused-ring (bicyclic) bond motifs is 1. The molecule has 0 spiro atoms. The van der Waals surface area contributed by atoms with E-state index in [1.54, 1.807) is 12.1 Å². The van der Waals surface area contributed by atoms with Crippen LogP contribution in [0.1, 0.15) is 17.3 Å². The second-order valence-electron chi connectivity index (χ2n) is 5.62. The number of carbonyl (C=O) groups is 1. The van der Waals surface area contributed by atoms with Crippen LogP contribution in [-0.4, -0.2) is 53.7 Å². The summed E-state index contributed by atoms with van der Waals surface area (Å²) in [6.07, 6.45) is 0. The molecule has 3 rings (SSSR count). The number of pyridine rings is 1. The van der Waals surface area contributed by atoms with Crippen molar-refractivity contribution in [3.63, 3.8) is 0 Å². The molecule has 1 aliphatic heterocycles. The van der Waals surface area contributed by atoms with Gasteiger partial charge in [-0.25, -0.2) is 9.78 Å². The Morgan fingerprint density at radius 3 is 2.81 bits per heavy atom. The number of benzene rings is 1. The lowest BCUT2D eigenvalue weighted by molar-refractivity contribution is 0.0699. The molecule has 5 heteroatoms. The van der Waals surface area contributed by atoms with E-state index in [0.29, 0.717) is 17.0 Å². The Bertz CT molecular complexity index is 686. The molecule has 1 aromatic carbocycles. The Morgan fingerprint density at radius 2 is 2.10 bits per heavy atom. The minimum atomic E-state index is -0.914.